The first kappa shape index (κ1) is 21.3. The Labute approximate surface area is 186 Å². The van der Waals surface area contributed by atoms with Gasteiger partial charge in [-0.2, -0.15) is 4.98 Å². The molecule has 4 rings (SSSR count). The molecule has 0 aliphatic carbocycles. The van der Waals surface area contributed by atoms with Crippen LogP contribution in [0.1, 0.15) is 12.1 Å². The zero-order chi connectivity index (χ0) is 21.8. The maximum absolute atomic E-state index is 12.3. The molecule has 0 spiro atoms. The molecule has 0 bridgehead atoms. The number of aromatic nitrogens is 3. The number of carbonyl (C=O) groups excluding carboxylic acids is 1. The van der Waals surface area contributed by atoms with E-state index in [1.54, 1.807) is 30.5 Å². The highest BCUT2D eigenvalue weighted by atomic mass is 35.5. The Morgan fingerprint density at radius 3 is 2.77 bits per heavy atom. The van der Waals surface area contributed by atoms with Gasteiger partial charge in [-0.15, -0.1) is 0 Å². The van der Waals surface area contributed by atoms with E-state index in [0.717, 1.165) is 43.7 Å². The van der Waals surface area contributed by atoms with E-state index in [-0.39, 0.29) is 12.5 Å². The minimum Gasteiger partial charge on any atom is -0.484 e. The number of halogens is 1. The highest BCUT2D eigenvalue weighted by Gasteiger charge is 2.17. The molecule has 31 heavy (non-hydrogen) atoms. The summed E-state index contributed by atoms with van der Waals surface area (Å²) in [6.07, 6.45) is 2.68. The maximum atomic E-state index is 12.3. The number of fused-ring (bicyclic) bond motifs is 1. The van der Waals surface area contributed by atoms with Gasteiger partial charge in [-0.05, 0) is 57.3 Å². The molecule has 1 aliphatic heterocycles. The molecule has 1 fully saturated rings. The molecule has 162 valence electrons. The number of nitrogens with one attached hydrogen (secondary N) is 1. The van der Waals surface area contributed by atoms with Gasteiger partial charge in [-0.1, -0.05) is 11.6 Å². The van der Waals surface area contributed by atoms with Crippen LogP contribution in [0.15, 0.2) is 36.5 Å². The average Bonchev–Trinajstić information content (AvgIpc) is 2.98. The van der Waals surface area contributed by atoms with Crippen molar-refractivity contribution in [2.24, 2.45) is 0 Å². The second-order valence-electron chi connectivity index (χ2n) is 7.64. The molecule has 0 atom stereocenters. The van der Waals surface area contributed by atoms with Gasteiger partial charge in [0.25, 0.3) is 5.91 Å². The topological polar surface area (TPSA) is 83.5 Å². The van der Waals surface area contributed by atoms with Crippen LogP contribution in [0, 0.1) is 6.92 Å². The van der Waals surface area contributed by atoms with Gasteiger partial charge >= 0.3 is 0 Å². The van der Waals surface area contributed by atoms with Crippen molar-refractivity contribution < 1.29 is 9.53 Å². The van der Waals surface area contributed by atoms with E-state index in [2.05, 4.69) is 32.1 Å². The van der Waals surface area contributed by atoms with Crippen molar-refractivity contribution in [1.29, 1.82) is 0 Å². The number of nitrogens with zero attached hydrogens (tertiary/aromatic N) is 5. The lowest BCUT2D eigenvalue weighted by molar-refractivity contribution is -0.118. The van der Waals surface area contributed by atoms with Crippen LogP contribution in [0.3, 0.4) is 0 Å². The maximum Gasteiger partial charge on any atom is 0.262 e. The molecule has 3 heterocycles. The van der Waals surface area contributed by atoms with Gasteiger partial charge in [0.05, 0.1) is 17.6 Å². The van der Waals surface area contributed by atoms with Crippen LogP contribution in [0.25, 0.3) is 11.0 Å². The lowest BCUT2D eigenvalue weighted by atomic mass is 10.2. The number of carbonyl (C=O) groups is 1. The molecule has 1 saturated heterocycles. The molecular formula is C22H25ClN6O2. The Morgan fingerprint density at radius 2 is 1.97 bits per heavy atom. The Bertz CT molecular complexity index is 1080. The first-order valence-corrected chi connectivity index (χ1v) is 10.6. The van der Waals surface area contributed by atoms with Gasteiger partial charge in [-0.25, -0.2) is 9.97 Å². The smallest absolute Gasteiger partial charge is 0.262 e. The lowest BCUT2D eigenvalue weighted by Crippen LogP contribution is -2.30. The average molecular weight is 441 g/mol. The van der Waals surface area contributed by atoms with Crippen LogP contribution in [0.4, 0.5) is 11.6 Å². The molecule has 2 aromatic heterocycles. The molecule has 9 heteroatoms. The zero-order valence-corrected chi connectivity index (χ0v) is 18.4. The number of amides is 1. The summed E-state index contributed by atoms with van der Waals surface area (Å²) in [6.45, 7) is 5.70. The highest BCUT2D eigenvalue weighted by molar-refractivity contribution is 6.30. The van der Waals surface area contributed by atoms with Crippen molar-refractivity contribution in [3.63, 3.8) is 0 Å². The Hall–Kier alpha value is -2.97. The Kier molecular flexibility index (Phi) is 6.48. The number of hydrogen-bond acceptors (Lipinski definition) is 7. The Balaban J connectivity index is 1.44. The standard InChI is InChI=1S/C22H25ClN6O2/c1-15-19-12-17(26-20(30)14-31-18-6-4-16(23)5-7-18)13-24-21(19)27-22(25-15)29-9-3-8-28(2)10-11-29/h4-7,12-13H,3,8-11,14H2,1-2H3,(H,26,30). The predicted octanol–water partition coefficient (Wildman–Crippen LogP) is 3.15. The van der Waals surface area contributed by atoms with Crippen LogP contribution < -0.4 is 15.0 Å². The summed E-state index contributed by atoms with van der Waals surface area (Å²) >= 11 is 5.85. The monoisotopic (exact) mass is 440 g/mol. The first-order chi connectivity index (χ1) is 15.0. The van der Waals surface area contributed by atoms with E-state index in [4.69, 9.17) is 21.3 Å². The molecular weight excluding hydrogens is 416 g/mol. The first-order valence-electron chi connectivity index (χ1n) is 10.2. The SMILES string of the molecule is Cc1nc(N2CCCN(C)CC2)nc2ncc(NC(=O)COc3ccc(Cl)cc3)cc12. The number of aryl methyl sites for hydroxylation is 1. The number of anilines is 2. The van der Waals surface area contributed by atoms with Crippen molar-refractivity contribution in [2.45, 2.75) is 13.3 Å². The minimum atomic E-state index is -0.278. The molecule has 8 nitrogen and oxygen atoms in total. The van der Waals surface area contributed by atoms with E-state index in [1.165, 1.54) is 0 Å². The second kappa shape index (κ2) is 9.45. The fourth-order valence-corrected chi connectivity index (χ4v) is 3.60. The molecule has 0 unspecified atom stereocenters. The minimum absolute atomic E-state index is 0.114. The van der Waals surface area contributed by atoms with Gasteiger partial charge in [0, 0.05) is 30.0 Å². The Morgan fingerprint density at radius 1 is 1.16 bits per heavy atom. The van der Waals surface area contributed by atoms with Crippen LogP contribution in [-0.2, 0) is 4.79 Å². The van der Waals surface area contributed by atoms with Crippen LogP contribution in [0.2, 0.25) is 5.02 Å². The van der Waals surface area contributed by atoms with E-state index >= 15 is 0 Å². The molecule has 1 amide bonds. The van der Waals surface area contributed by atoms with Crippen molar-refractivity contribution in [2.75, 3.05) is 50.1 Å². The van der Waals surface area contributed by atoms with E-state index < -0.39 is 0 Å². The van der Waals surface area contributed by atoms with Crippen molar-refractivity contribution in [3.8, 4) is 5.75 Å². The van der Waals surface area contributed by atoms with Crippen LogP contribution in [-0.4, -0.2) is 65.6 Å². The summed E-state index contributed by atoms with van der Waals surface area (Å²) in [5.74, 6) is 1.01. The lowest BCUT2D eigenvalue weighted by Gasteiger charge is -2.21. The van der Waals surface area contributed by atoms with E-state index in [0.29, 0.717) is 28.1 Å². The van der Waals surface area contributed by atoms with Crippen molar-refractivity contribution >= 4 is 40.2 Å². The third kappa shape index (κ3) is 5.39. The molecule has 1 aromatic carbocycles. The quantitative estimate of drug-likeness (QED) is 0.652. The fourth-order valence-electron chi connectivity index (χ4n) is 3.48. The largest absolute Gasteiger partial charge is 0.484 e. The fraction of sp³-hybridized carbons (Fsp3) is 0.364. The van der Waals surface area contributed by atoms with Gasteiger partial charge in [0.1, 0.15) is 5.75 Å². The summed E-state index contributed by atoms with van der Waals surface area (Å²) in [5, 5.41) is 4.24. The summed E-state index contributed by atoms with van der Waals surface area (Å²) in [4.78, 5) is 30.6. The molecule has 0 radical (unpaired) electrons. The predicted molar refractivity (Wildman–Crippen MR) is 122 cm³/mol. The summed E-state index contributed by atoms with van der Waals surface area (Å²) < 4.78 is 5.48. The van der Waals surface area contributed by atoms with Gasteiger partial charge in [0.2, 0.25) is 5.95 Å². The summed E-state index contributed by atoms with van der Waals surface area (Å²) in [6, 6.07) is 8.70. The van der Waals surface area contributed by atoms with Gasteiger partial charge in [0.15, 0.2) is 12.3 Å². The number of hydrogen-bond donors (Lipinski definition) is 1. The number of rotatable bonds is 5. The van der Waals surface area contributed by atoms with Crippen LogP contribution >= 0.6 is 11.6 Å². The highest BCUT2D eigenvalue weighted by Crippen LogP contribution is 2.22. The molecule has 1 aliphatic rings. The van der Waals surface area contributed by atoms with Crippen molar-refractivity contribution in [1.82, 2.24) is 19.9 Å². The normalized spacial score (nSPS) is 15.0. The third-order valence-electron chi connectivity index (χ3n) is 5.20. The van der Waals surface area contributed by atoms with Gasteiger partial charge < -0.3 is 19.9 Å². The number of ether oxygens (including phenoxy) is 1. The van der Waals surface area contributed by atoms with Crippen LogP contribution in [0.5, 0.6) is 5.75 Å². The number of pyridine rings is 1. The van der Waals surface area contributed by atoms with Crippen molar-refractivity contribution in [3.05, 3.63) is 47.2 Å². The van der Waals surface area contributed by atoms with E-state index in [9.17, 15) is 4.79 Å². The molecule has 1 N–H and O–H groups in total. The number of likely N-dealkylation sites (N-methyl/N-ethyl adjacent to an activating group) is 1. The summed E-state index contributed by atoms with van der Waals surface area (Å²) in [5.41, 5.74) is 2.03. The van der Waals surface area contributed by atoms with Gasteiger partial charge in [-0.3, -0.25) is 4.79 Å². The third-order valence-corrected chi connectivity index (χ3v) is 5.45. The molecule has 0 saturated carbocycles. The molecule has 3 aromatic rings. The summed E-state index contributed by atoms with van der Waals surface area (Å²) in [7, 11) is 2.13. The zero-order valence-electron chi connectivity index (χ0n) is 17.6. The number of benzene rings is 1. The second-order valence-corrected chi connectivity index (χ2v) is 8.08. The van der Waals surface area contributed by atoms with E-state index in [1.807, 2.05) is 13.0 Å².